The van der Waals surface area contributed by atoms with Gasteiger partial charge in [-0.25, -0.2) is 9.78 Å². The molecule has 1 aliphatic heterocycles. The van der Waals surface area contributed by atoms with E-state index in [9.17, 15) is 14.4 Å². The van der Waals surface area contributed by atoms with Gasteiger partial charge >= 0.3 is 6.03 Å². The standard InChI is InChI=1S/C18H23BrN4O3/c1-2-22(14-7-6-13(19)12-20-14)15(24)8-11-23-16(25)18(21-17(23)26)9-4-3-5-10-18/h6-7,12H,2-5,8-11H2,1H3,(H,21,26). The first kappa shape index (κ1) is 18.8. The van der Waals surface area contributed by atoms with E-state index in [2.05, 4.69) is 26.2 Å². The summed E-state index contributed by atoms with van der Waals surface area (Å²) in [7, 11) is 0. The number of anilines is 1. The van der Waals surface area contributed by atoms with Crippen LogP contribution >= 0.6 is 15.9 Å². The SMILES string of the molecule is CCN(C(=O)CCN1C(=O)NC2(CCCCC2)C1=O)c1ccc(Br)cn1. The Morgan fingerprint density at radius 1 is 1.31 bits per heavy atom. The minimum atomic E-state index is -0.740. The molecule has 1 aliphatic carbocycles. The Labute approximate surface area is 161 Å². The number of carbonyl (C=O) groups is 3. The summed E-state index contributed by atoms with van der Waals surface area (Å²) in [6.45, 7) is 2.43. The molecule has 7 nitrogen and oxygen atoms in total. The van der Waals surface area contributed by atoms with Crippen molar-refractivity contribution in [1.29, 1.82) is 0 Å². The molecule has 2 heterocycles. The molecule has 1 saturated carbocycles. The topological polar surface area (TPSA) is 82.6 Å². The van der Waals surface area contributed by atoms with E-state index in [4.69, 9.17) is 0 Å². The van der Waals surface area contributed by atoms with Gasteiger partial charge in [0.25, 0.3) is 5.91 Å². The smallest absolute Gasteiger partial charge is 0.323 e. The summed E-state index contributed by atoms with van der Waals surface area (Å²) in [5.41, 5.74) is -0.740. The maximum absolute atomic E-state index is 12.8. The largest absolute Gasteiger partial charge is 0.325 e. The van der Waals surface area contributed by atoms with Crippen molar-refractivity contribution < 1.29 is 14.4 Å². The number of rotatable bonds is 5. The zero-order valence-electron chi connectivity index (χ0n) is 14.8. The molecule has 140 valence electrons. The molecule has 0 aromatic carbocycles. The van der Waals surface area contributed by atoms with Gasteiger partial charge in [0.05, 0.1) is 0 Å². The molecular weight excluding hydrogens is 400 g/mol. The lowest BCUT2D eigenvalue weighted by Crippen LogP contribution is -2.48. The van der Waals surface area contributed by atoms with Gasteiger partial charge < -0.3 is 5.32 Å². The predicted octanol–water partition coefficient (Wildman–Crippen LogP) is 2.84. The molecule has 2 fully saturated rings. The van der Waals surface area contributed by atoms with Crippen LogP contribution in [0.5, 0.6) is 0 Å². The molecule has 0 radical (unpaired) electrons. The number of pyridine rings is 1. The van der Waals surface area contributed by atoms with Crippen molar-refractivity contribution in [1.82, 2.24) is 15.2 Å². The Kier molecular flexibility index (Phi) is 5.60. The number of aromatic nitrogens is 1. The summed E-state index contributed by atoms with van der Waals surface area (Å²) < 4.78 is 0.835. The van der Waals surface area contributed by atoms with Crippen molar-refractivity contribution in [2.45, 2.75) is 51.0 Å². The van der Waals surface area contributed by atoms with Crippen molar-refractivity contribution in [2.24, 2.45) is 0 Å². The Hall–Kier alpha value is -1.96. The first-order chi connectivity index (χ1) is 12.5. The van der Waals surface area contributed by atoms with Gasteiger partial charge in [-0.15, -0.1) is 0 Å². The van der Waals surface area contributed by atoms with E-state index >= 15 is 0 Å². The zero-order chi connectivity index (χ0) is 18.7. The zero-order valence-corrected chi connectivity index (χ0v) is 16.4. The average molecular weight is 423 g/mol. The lowest BCUT2D eigenvalue weighted by molar-refractivity contribution is -0.132. The first-order valence-electron chi connectivity index (χ1n) is 9.03. The summed E-state index contributed by atoms with van der Waals surface area (Å²) >= 11 is 3.32. The van der Waals surface area contributed by atoms with Crippen LogP contribution in [0.25, 0.3) is 0 Å². The van der Waals surface area contributed by atoms with Gasteiger partial charge in [-0.1, -0.05) is 19.3 Å². The summed E-state index contributed by atoms with van der Waals surface area (Å²) in [5.74, 6) is 0.217. The highest BCUT2D eigenvalue weighted by atomic mass is 79.9. The molecule has 1 spiro atoms. The molecule has 8 heteroatoms. The van der Waals surface area contributed by atoms with Gasteiger partial charge in [0, 0.05) is 30.2 Å². The third-order valence-electron chi connectivity index (χ3n) is 5.11. The predicted molar refractivity (Wildman–Crippen MR) is 101 cm³/mol. The van der Waals surface area contributed by atoms with Crippen LogP contribution in [0.2, 0.25) is 0 Å². The van der Waals surface area contributed by atoms with E-state index in [1.807, 2.05) is 13.0 Å². The maximum Gasteiger partial charge on any atom is 0.325 e. The van der Waals surface area contributed by atoms with Gasteiger partial charge in [0.1, 0.15) is 11.4 Å². The van der Waals surface area contributed by atoms with Gasteiger partial charge in [0.15, 0.2) is 0 Å². The molecule has 26 heavy (non-hydrogen) atoms. The minimum absolute atomic E-state index is 0.0842. The number of carbonyl (C=O) groups excluding carboxylic acids is 3. The highest BCUT2D eigenvalue weighted by Crippen LogP contribution is 2.33. The number of urea groups is 1. The minimum Gasteiger partial charge on any atom is -0.323 e. The Morgan fingerprint density at radius 2 is 2.04 bits per heavy atom. The van der Waals surface area contributed by atoms with Crippen LogP contribution in [0, 0.1) is 0 Å². The molecule has 0 atom stereocenters. The van der Waals surface area contributed by atoms with E-state index in [1.165, 1.54) is 4.90 Å². The van der Waals surface area contributed by atoms with Gasteiger partial charge in [-0.05, 0) is 47.8 Å². The van der Waals surface area contributed by atoms with E-state index < -0.39 is 5.54 Å². The Balaban J connectivity index is 1.64. The van der Waals surface area contributed by atoms with E-state index in [0.29, 0.717) is 25.2 Å². The van der Waals surface area contributed by atoms with Crippen molar-refractivity contribution in [3.05, 3.63) is 22.8 Å². The molecule has 3 rings (SSSR count). The van der Waals surface area contributed by atoms with E-state index in [-0.39, 0.29) is 30.8 Å². The van der Waals surface area contributed by atoms with Crippen molar-refractivity contribution in [2.75, 3.05) is 18.0 Å². The molecule has 1 saturated heterocycles. The van der Waals surface area contributed by atoms with E-state index in [0.717, 1.165) is 23.7 Å². The lowest BCUT2D eigenvalue weighted by atomic mass is 9.82. The fourth-order valence-electron chi connectivity index (χ4n) is 3.71. The molecule has 4 amide bonds. The summed E-state index contributed by atoms with van der Waals surface area (Å²) in [4.78, 5) is 44.6. The Morgan fingerprint density at radius 3 is 2.65 bits per heavy atom. The van der Waals surface area contributed by atoms with Crippen LogP contribution in [-0.4, -0.2) is 46.4 Å². The van der Waals surface area contributed by atoms with Crippen LogP contribution in [-0.2, 0) is 9.59 Å². The molecule has 0 unspecified atom stereocenters. The van der Waals surface area contributed by atoms with Gasteiger partial charge in [0.2, 0.25) is 5.91 Å². The second-order valence-electron chi connectivity index (χ2n) is 6.75. The highest BCUT2D eigenvalue weighted by Gasteiger charge is 2.51. The van der Waals surface area contributed by atoms with Gasteiger partial charge in [-0.2, -0.15) is 0 Å². The molecule has 2 aliphatic rings. The number of halogens is 1. The molecule has 1 aromatic heterocycles. The number of hydrogen-bond acceptors (Lipinski definition) is 4. The Bertz CT molecular complexity index is 701. The van der Waals surface area contributed by atoms with Crippen LogP contribution in [0.1, 0.15) is 45.4 Å². The maximum atomic E-state index is 12.8. The molecule has 1 aromatic rings. The number of hydrogen-bond donors (Lipinski definition) is 1. The number of nitrogens with zero attached hydrogens (tertiary/aromatic N) is 3. The molecule has 1 N–H and O–H groups in total. The van der Waals surface area contributed by atoms with Crippen molar-refractivity contribution in [3.63, 3.8) is 0 Å². The average Bonchev–Trinajstić information content (AvgIpc) is 2.86. The third kappa shape index (κ3) is 3.60. The fraction of sp³-hybridized carbons (Fsp3) is 0.556. The molecule has 0 bridgehead atoms. The lowest BCUT2D eigenvalue weighted by Gasteiger charge is -2.30. The van der Waals surface area contributed by atoms with Gasteiger partial charge in [-0.3, -0.25) is 19.4 Å². The summed E-state index contributed by atoms with van der Waals surface area (Å²) in [6, 6.07) is 3.20. The van der Waals surface area contributed by atoms with Crippen molar-refractivity contribution >= 4 is 39.6 Å². The van der Waals surface area contributed by atoms with Crippen LogP contribution in [0.3, 0.4) is 0 Å². The fourth-order valence-corrected chi connectivity index (χ4v) is 3.94. The normalized spacial score (nSPS) is 18.9. The monoisotopic (exact) mass is 422 g/mol. The summed E-state index contributed by atoms with van der Waals surface area (Å²) in [6.07, 6.45) is 6.07. The first-order valence-corrected chi connectivity index (χ1v) is 9.82. The highest BCUT2D eigenvalue weighted by molar-refractivity contribution is 9.10. The number of nitrogens with one attached hydrogen (secondary N) is 1. The second-order valence-corrected chi connectivity index (χ2v) is 7.67. The number of amides is 4. The third-order valence-corrected chi connectivity index (χ3v) is 5.58. The van der Waals surface area contributed by atoms with Crippen LogP contribution in [0.4, 0.5) is 10.6 Å². The van der Waals surface area contributed by atoms with E-state index in [1.54, 1.807) is 17.2 Å². The van der Waals surface area contributed by atoms with Crippen LogP contribution in [0.15, 0.2) is 22.8 Å². The molecular formula is C18H23BrN4O3. The second kappa shape index (κ2) is 7.73. The van der Waals surface area contributed by atoms with Crippen molar-refractivity contribution in [3.8, 4) is 0 Å². The quantitative estimate of drug-likeness (QED) is 0.739. The number of imide groups is 1. The van der Waals surface area contributed by atoms with Crippen LogP contribution < -0.4 is 10.2 Å². The summed E-state index contributed by atoms with van der Waals surface area (Å²) in [5, 5.41) is 2.87.